The Morgan fingerprint density at radius 2 is 1.92 bits per heavy atom. The van der Waals surface area contributed by atoms with E-state index in [4.69, 9.17) is 0 Å². The normalized spacial score (nSPS) is 15.1. The second-order valence-electron chi connectivity index (χ2n) is 6.68. The van der Waals surface area contributed by atoms with E-state index < -0.39 is 0 Å². The summed E-state index contributed by atoms with van der Waals surface area (Å²) in [5.41, 5.74) is 1.77. The number of nitrogens with one attached hydrogen (secondary N) is 1. The molecular weight excluding hydrogens is 314 g/mol. The Kier molecular flexibility index (Phi) is 5.16. The molecular formula is C19H25N5O. The van der Waals surface area contributed by atoms with Crippen LogP contribution in [-0.4, -0.2) is 49.1 Å². The summed E-state index contributed by atoms with van der Waals surface area (Å²) in [4.78, 5) is 25.3. The molecule has 0 spiro atoms. The summed E-state index contributed by atoms with van der Waals surface area (Å²) in [7, 11) is 3.94. The van der Waals surface area contributed by atoms with E-state index in [-0.39, 0.29) is 11.9 Å². The highest BCUT2D eigenvalue weighted by molar-refractivity contribution is 5.95. The number of aromatic nitrogens is 2. The molecule has 2 heterocycles. The number of aryl methyl sites for hydroxylation is 1. The molecule has 1 aromatic heterocycles. The van der Waals surface area contributed by atoms with Crippen LogP contribution in [0, 0.1) is 6.92 Å². The summed E-state index contributed by atoms with van der Waals surface area (Å²) in [5, 5.41) is 3.17. The zero-order valence-electron chi connectivity index (χ0n) is 15.1. The van der Waals surface area contributed by atoms with E-state index >= 15 is 0 Å². The molecule has 0 unspecified atom stereocenters. The third kappa shape index (κ3) is 4.07. The van der Waals surface area contributed by atoms with Crippen molar-refractivity contribution < 1.29 is 4.79 Å². The number of amides is 1. The molecule has 1 saturated heterocycles. The van der Waals surface area contributed by atoms with Crippen molar-refractivity contribution in [1.82, 2.24) is 15.3 Å². The van der Waals surface area contributed by atoms with Gasteiger partial charge in [0.1, 0.15) is 18.0 Å². The maximum Gasteiger partial charge on any atom is 0.251 e. The van der Waals surface area contributed by atoms with Crippen LogP contribution in [0.3, 0.4) is 0 Å². The monoisotopic (exact) mass is 339 g/mol. The molecule has 0 atom stereocenters. The lowest BCUT2D eigenvalue weighted by atomic mass is 10.0. The number of benzene rings is 1. The van der Waals surface area contributed by atoms with Gasteiger partial charge in [-0.2, -0.15) is 0 Å². The van der Waals surface area contributed by atoms with Crippen molar-refractivity contribution in [2.45, 2.75) is 25.8 Å². The summed E-state index contributed by atoms with van der Waals surface area (Å²) in [6.07, 6.45) is 3.44. The number of rotatable bonds is 4. The number of anilines is 2. The lowest BCUT2D eigenvalue weighted by Crippen LogP contribution is -2.45. The predicted octanol–water partition coefficient (Wildman–Crippen LogP) is 2.25. The van der Waals surface area contributed by atoms with Crippen molar-refractivity contribution in [2.75, 3.05) is 37.0 Å². The molecule has 0 aliphatic carbocycles. The van der Waals surface area contributed by atoms with Gasteiger partial charge in [0.2, 0.25) is 0 Å². The van der Waals surface area contributed by atoms with E-state index in [1.165, 1.54) is 0 Å². The molecule has 1 amide bonds. The Morgan fingerprint density at radius 3 is 2.60 bits per heavy atom. The summed E-state index contributed by atoms with van der Waals surface area (Å²) in [5.74, 6) is 1.87. The van der Waals surface area contributed by atoms with Crippen LogP contribution in [0.4, 0.5) is 11.6 Å². The van der Waals surface area contributed by atoms with Crippen LogP contribution in [0.2, 0.25) is 0 Å². The highest BCUT2D eigenvalue weighted by Gasteiger charge is 2.22. The van der Waals surface area contributed by atoms with Crippen LogP contribution in [0.1, 0.15) is 28.8 Å². The zero-order valence-corrected chi connectivity index (χ0v) is 15.1. The number of carbonyl (C=O) groups is 1. The Labute approximate surface area is 148 Å². The van der Waals surface area contributed by atoms with Gasteiger partial charge >= 0.3 is 0 Å². The summed E-state index contributed by atoms with van der Waals surface area (Å²) < 4.78 is 0. The molecule has 1 fully saturated rings. The molecule has 0 radical (unpaired) electrons. The average molecular weight is 339 g/mol. The van der Waals surface area contributed by atoms with Crippen molar-refractivity contribution in [3.63, 3.8) is 0 Å². The Bertz CT molecular complexity index is 738. The molecule has 132 valence electrons. The lowest BCUT2D eigenvalue weighted by Gasteiger charge is -2.33. The molecule has 1 aliphatic rings. The van der Waals surface area contributed by atoms with Gasteiger partial charge in [0.15, 0.2) is 0 Å². The van der Waals surface area contributed by atoms with Crippen LogP contribution in [0.15, 0.2) is 36.7 Å². The molecule has 1 aromatic carbocycles. The minimum Gasteiger partial charge on any atom is -0.363 e. The zero-order chi connectivity index (χ0) is 17.8. The number of nitrogens with zero attached hydrogens (tertiary/aromatic N) is 4. The predicted molar refractivity (Wildman–Crippen MR) is 100 cm³/mol. The van der Waals surface area contributed by atoms with Gasteiger partial charge in [-0.3, -0.25) is 4.79 Å². The minimum absolute atomic E-state index is 0.0217. The van der Waals surface area contributed by atoms with Gasteiger partial charge in [0.25, 0.3) is 5.91 Å². The highest BCUT2D eigenvalue weighted by atomic mass is 16.1. The summed E-state index contributed by atoms with van der Waals surface area (Å²) in [6, 6.07) is 9.92. The molecule has 6 nitrogen and oxygen atoms in total. The van der Waals surface area contributed by atoms with Crippen LogP contribution in [-0.2, 0) is 0 Å². The van der Waals surface area contributed by atoms with Crippen molar-refractivity contribution in [1.29, 1.82) is 0 Å². The quantitative estimate of drug-likeness (QED) is 0.926. The molecule has 2 aromatic rings. The number of hydrogen-bond acceptors (Lipinski definition) is 5. The smallest absolute Gasteiger partial charge is 0.251 e. The number of hydrogen-bond donors (Lipinski definition) is 1. The van der Waals surface area contributed by atoms with Crippen LogP contribution in [0.5, 0.6) is 0 Å². The minimum atomic E-state index is 0.0217. The van der Waals surface area contributed by atoms with Crippen LogP contribution in [0.25, 0.3) is 0 Å². The highest BCUT2D eigenvalue weighted by Crippen LogP contribution is 2.21. The molecule has 6 heteroatoms. The fourth-order valence-electron chi connectivity index (χ4n) is 3.10. The third-order valence-electron chi connectivity index (χ3n) is 4.64. The van der Waals surface area contributed by atoms with Crippen LogP contribution < -0.4 is 15.1 Å². The Morgan fingerprint density at radius 1 is 1.20 bits per heavy atom. The van der Waals surface area contributed by atoms with Gasteiger partial charge in [-0.15, -0.1) is 0 Å². The first-order chi connectivity index (χ1) is 12.0. The van der Waals surface area contributed by atoms with Gasteiger partial charge in [0.05, 0.1) is 0 Å². The maximum atomic E-state index is 12.5. The fourth-order valence-corrected chi connectivity index (χ4v) is 3.10. The fraction of sp³-hybridized carbons (Fsp3) is 0.421. The third-order valence-corrected chi connectivity index (χ3v) is 4.64. The second kappa shape index (κ2) is 7.51. The van der Waals surface area contributed by atoms with E-state index in [9.17, 15) is 4.79 Å². The number of piperidine rings is 1. The molecule has 25 heavy (non-hydrogen) atoms. The van der Waals surface area contributed by atoms with Gasteiger partial charge in [-0.1, -0.05) is 18.2 Å². The van der Waals surface area contributed by atoms with Gasteiger partial charge in [-0.25, -0.2) is 9.97 Å². The van der Waals surface area contributed by atoms with Crippen LogP contribution >= 0.6 is 0 Å². The first-order valence-corrected chi connectivity index (χ1v) is 8.65. The van der Waals surface area contributed by atoms with E-state index in [0.717, 1.165) is 48.7 Å². The van der Waals surface area contributed by atoms with Gasteiger partial charge < -0.3 is 15.1 Å². The molecule has 3 rings (SSSR count). The van der Waals surface area contributed by atoms with E-state index in [0.29, 0.717) is 0 Å². The summed E-state index contributed by atoms with van der Waals surface area (Å²) >= 11 is 0. The van der Waals surface area contributed by atoms with Gasteiger partial charge in [-0.05, 0) is 31.4 Å². The number of carbonyl (C=O) groups excluding carboxylic acids is 1. The second-order valence-corrected chi connectivity index (χ2v) is 6.68. The Hall–Kier alpha value is -2.63. The standard InChI is InChI=1S/C19H25N5O/c1-14-6-4-5-7-16(14)19(25)22-15-8-10-24(11-9-15)18-12-17(23(2)3)20-13-21-18/h4-7,12-13,15H,8-11H2,1-3H3,(H,22,25). The average Bonchev–Trinajstić information content (AvgIpc) is 2.62. The largest absolute Gasteiger partial charge is 0.363 e. The Balaban J connectivity index is 1.58. The SMILES string of the molecule is Cc1ccccc1C(=O)NC1CCN(c2cc(N(C)C)ncn2)CC1. The van der Waals surface area contributed by atoms with E-state index in [2.05, 4.69) is 20.2 Å². The van der Waals surface area contributed by atoms with Gasteiger partial charge in [0, 0.05) is 44.9 Å². The van der Waals surface area contributed by atoms with Crippen molar-refractivity contribution in [3.05, 3.63) is 47.8 Å². The van der Waals surface area contributed by atoms with E-state index in [1.54, 1.807) is 6.33 Å². The van der Waals surface area contributed by atoms with E-state index in [1.807, 2.05) is 56.3 Å². The first-order valence-electron chi connectivity index (χ1n) is 8.65. The molecule has 0 saturated carbocycles. The maximum absolute atomic E-state index is 12.5. The first kappa shape index (κ1) is 17.2. The van der Waals surface area contributed by atoms with Crippen molar-refractivity contribution in [3.8, 4) is 0 Å². The van der Waals surface area contributed by atoms with Crippen molar-refractivity contribution >= 4 is 17.5 Å². The molecule has 1 aliphatic heterocycles. The summed E-state index contributed by atoms with van der Waals surface area (Å²) in [6.45, 7) is 3.72. The molecule has 1 N–H and O–H groups in total. The molecule has 0 bridgehead atoms. The lowest BCUT2D eigenvalue weighted by molar-refractivity contribution is 0.0930. The topological polar surface area (TPSA) is 61.4 Å². The van der Waals surface area contributed by atoms with Crippen molar-refractivity contribution in [2.24, 2.45) is 0 Å².